The van der Waals surface area contributed by atoms with Crippen LogP contribution in [0.25, 0.3) is 0 Å². The lowest BCUT2D eigenvalue weighted by Crippen LogP contribution is -2.38. The molecule has 0 bridgehead atoms. The quantitative estimate of drug-likeness (QED) is 0.606. The third-order valence-corrected chi connectivity index (χ3v) is 2.63. The van der Waals surface area contributed by atoms with Crippen molar-refractivity contribution in [3.63, 3.8) is 0 Å². The highest BCUT2D eigenvalue weighted by molar-refractivity contribution is 5.90. The smallest absolute Gasteiger partial charge is 0.207 e. The van der Waals surface area contributed by atoms with Crippen molar-refractivity contribution in [2.24, 2.45) is 11.8 Å². The molecule has 0 aromatic rings. The highest BCUT2D eigenvalue weighted by Gasteiger charge is 2.42. The summed E-state index contributed by atoms with van der Waals surface area (Å²) in [6.45, 7) is 0. The highest BCUT2D eigenvalue weighted by Crippen LogP contribution is 2.38. The molecule has 0 heterocycles. The first kappa shape index (κ1) is 7.77. The predicted octanol–water partition coefficient (Wildman–Crippen LogP) is 0.490. The van der Waals surface area contributed by atoms with E-state index in [1.165, 1.54) is 0 Å². The van der Waals surface area contributed by atoms with Gasteiger partial charge in [0, 0.05) is 5.92 Å². The summed E-state index contributed by atoms with van der Waals surface area (Å²) in [6, 6.07) is -0.157. The van der Waals surface area contributed by atoms with Crippen LogP contribution in [0.4, 0.5) is 0 Å². The van der Waals surface area contributed by atoms with Gasteiger partial charge < -0.3 is 5.32 Å². The molecule has 1 N–H and O–H groups in total. The second-order valence-electron chi connectivity index (χ2n) is 3.78. The molecule has 0 radical (unpaired) electrons. The third kappa shape index (κ3) is 1.49. The molecule has 0 aromatic heterocycles. The molecule has 1 amide bonds. The lowest BCUT2D eigenvalue weighted by molar-refractivity contribution is -0.125. The largest absolute Gasteiger partial charge is 0.349 e. The number of hydrogen-bond acceptors (Lipinski definition) is 2. The van der Waals surface area contributed by atoms with Gasteiger partial charge in [-0.2, -0.15) is 0 Å². The maximum Gasteiger partial charge on any atom is 0.207 e. The number of rotatable bonds is 5. The molecule has 3 heteroatoms. The SMILES string of the molecule is O=CNC(C(=O)C1CC1)C1CC1. The van der Waals surface area contributed by atoms with E-state index in [1.807, 2.05) is 0 Å². The van der Waals surface area contributed by atoms with Gasteiger partial charge in [0.2, 0.25) is 6.41 Å². The first-order valence-electron chi connectivity index (χ1n) is 4.56. The van der Waals surface area contributed by atoms with E-state index in [0.29, 0.717) is 12.3 Å². The molecule has 2 fully saturated rings. The summed E-state index contributed by atoms with van der Waals surface area (Å²) >= 11 is 0. The fourth-order valence-corrected chi connectivity index (χ4v) is 1.58. The molecule has 2 aliphatic rings. The Kier molecular flexibility index (Phi) is 1.87. The van der Waals surface area contributed by atoms with Crippen LogP contribution in [0, 0.1) is 11.8 Å². The lowest BCUT2D eigenvalue weighted by Gasteiger charge is -2.12. The molecule has 2 aliphatic carbocycles. The average Bonchev–Trinajstić information content (AvgIpc) is 2.88. The average molecular weight is 167 g/mol. The van der Waals surface area contributed by atoms with Crippen LogP contribution < -0.4 is 5.32 Å². The van der Waals surface area contributed by atoms with E-state index in [-0.39, 0.29) is 17.7 Å². The van der Waals surface area contributed by atoms with E-state index in [1.54, 1.807) is 0 Å². The molecule has 66 valence electrons. The van der Waals surface area contributed by atoms with Gasteiger partial charge >= 0.3 is 0 Å². The second-order valence-corrected chi connectivity index (χ2v) is 3.78. The van der Waals surface area contributed by atoms with E-state index < -0.39 is 0 Å². The number of hydrogen-bond donors (Lipinski definition) is 1. The molecule has 2 saturated carbocycles. The first-order chi connectivity index (χ1) is 5.83. The maximum atomic E-state index is 11.6. The normalized spacial score (nSPS) is 24.7. The van der Waals surface area contributed by atoms with Crippen molar-refractivity contribution in [2.45, 2.75) is 31.7 Å². The molecule has 3 nitrogen and oxygen atoms in total. The fourth-order valence-electron chi connectivity index (χ4n) is 1.58. The van der Waals surface area contributed by atoms with Crippen LogP contribution in [0.15, 0.2) is 0 Å². The number of carbonyl (C=O) groups excluding carboxylic acids is 2. The van der Waals surface area contributed by atoms with Crippen molar-refractivity contribution < 1.29 is 9.59 Å². The highest BCUT2D eigenvalue weighted by atomic mass is 16.1. The minimum atomic E-state index is -0.157. The van der Waals surface area contributed by atoms with E-state index in [9.17, 15) is 9.59 Å². The Labute approximate surface area is 71.5 Å². The van der Waals surface area contributed by atoms with Crippen molar-refractivity contribution in [1.82, 2.24) is 5.32 Å². The van der Waals surface area contributed by atoms with Crippen LogP contribution in [-0.2, 0) is 9.59 Å². The van der Waals surface area contributed by atoms with Crippen molar-refractivity contribution in [2.75, 3.05) is 0 Å². The number of amides is 1. The van der Waals surface area contributed by atoms with Gasteiger partial charge in [-0.15, -0.1) is 0 Å². The van der Waals surface area contributed by atoms with Gasteiger partial charge in [-0.3, -0.25) is 9.59 Å². The van der Waals surface area contributed by atoms with Crippen molar-refractivity contribution >= 4 is 12.2 Å². The van der Waals surface area contributed by atoms with E-state index in [0.717, 1.165) is 25.7 Å². The summed E-state index contributed by atoms with van der Waals surface area (Å²) in [6.07, 6.45) is 4.92. The van der Waals surface area contributed by atoms with Gasteiger partial charge in [0.05, 0.1) is 6.04 Å². The third-order valence-electron chi connectivity index (χ3n) is 2.63. The maximum absolute atomic E-state index is 11.6. The summed E-state index contributed by atoms with van der Waals surface area (Å²) in [5.74, 6) is 0.982. The minimum Gasteiger partial charge on any atom is -0.349 e. The Bertz CT molecular complexity index is 207. The molecule has 0 saturated heterocycles. The molecule has 0 aliphatic heterocycles. The Morgan fingerprint density at radius 3 is 2.42 bits per heavy atom. The summed E-state index contributed by atoms with van der Waals surface area (Å²) < 4.78 is 0. The van der Waals surface area contributed by atoms with Gasteiger partial charge in [0.15, 0.2) is 5.78 Å². The molecule has 2 rings (SSSR count). The number of nitrogens with one attached hydrogen (secondary N) is 1. The summed E-state index contributed by atoms with van der Waals surface area (Å²) in [5.41, 5.74) is 0. The molecule has 0 spiro atoms. The van der Waals surface area contributed by atoms with Gasteiger partial charge in [0.1, 0.15) is 0 Å². The molecule has 1 unspecified atom stereocenters. The van der Waals surface area contributed by atoms with E-state index in [2.05, 4.69) is 5.32 Å². The predicted molar refractivity (Wildman–Crippen MR) is 43.4 cm³/mol. The Morgan fingerprint density at radius 1 is 1.33 bits per heavy atom. The first-order valence-corrected chi connectivity index (χ1v) is 4.56. The van der Waals surface area contributed by atoms with Gasteiger partial charge in [0.25, 0.3) is 0 Å². The zero-order valence-corrected chi connectivity index (χ0v) is 6.95. The standard InChI is InChI=1S/C9H13NO2/c11-5-10-8(6-1-2-6)9(12)7-3-4-7/h5-8H,1-4H2,(H,10,11). The summed E-state index contributed by atoms with van der Waals surface area (Å²) in [5, 5.41) is 2.64. The van der Waals surface area contributed by atoms with Crippen LogP contribution in [0.1, 0.15) is 25.7 Å². The zero-order valence-electron chi connectivity index (χ0n) is 6.95. The Morgan fingerprint density at radius 2 is 2.00 bits per heavy atom. The van der Waals surface area contributed by atoms with Crippen molar-refractivity contribution in [3.8, 4) is 0 Å². The lowest BCUT2D eigenvalue weighted by atomic mass is 10.0. The molecule has 0 aromatic carbocycles. The van der Waals surface area contributed by atoms with Gasteiger partial charge in [-0.05, 0) is 31.6 Å². The Balaban J connectivity index is 1.93. The molecular weight excluding hydrogens is 154 g/mol. The van der Waals surface area contributed by atoms with Crippen LogP contribution in [-0.4, -0.2) is 18.2 Å². The fraction of sp³-hybridized carbons (Fsp3) is 0.778. The van der Waals surface area contributed by atoms with E-state index in [4.69, 9.17) is 0 Å². The monoisotopic (exact) mass is 167 g/mol. The Hall–Kier alpha value is -0.860. The second kappa shape index (κ2) is 2.88. The molecule has 1 atom stereocenters. The van der Waals surface area contributed by atoms with Crippen molar-refractivity contribution in [1.29, 1.82) is 0 Å². The van der Waals surface area contributed by atoms with Crippen molar-refractivity contribution in [3.05, 3.63) is 0 Å². The number of carbonyl (C=O) groups is 2. The van der Waals surface area contributed by atoms with Gasteiger partial charge in [-0.1, -0.05) is 0 Å². The molecule has 12 heavy (non-hydrogen) atoms. The van der Waals surface area contributed by atoms with E-state index >= 15 is 0 Å². The summed E-state index contributed by atoms with van der Waals surface area (Å²) in [7, 11) is 0. The topological polar surface area (TPSA) is 46.2 Å². The zero-order chi connectivity index (χ0) is 8.55. The van der Waals surface area contributed by atoms with Gasteiger partial charge in [-0.25, -0.2) is 0 Å². The number of ketones is 1. The summed E-state index contributed by atoms with van der Waals surface area (Å²) in [4.78, 5) is 21.8. The van der Waals surface area contributed by atoms with Crippen LogP contribution >= 0.6 is 0 Å². The van der Waals surface area contributed by atoms with Crippen LogP contribution in [0.5, 0.6) is 0 Å². The van der Waals surface area contributed by atoms with Crippen LogP contribution in [0.2, 0.25) is 0 Å². The minimum absolute atomic E-state index is 0.157. The van der Waals surface area contributed by atoms with Crippen LogP contribution in [0.3, 0.4) is 0 Å². The molecular formula is C9H13NO2. The number of Topliss-reactive ketones (excluding diaryl/α,β-unsaturated/α-hetero) is 1.